The summed E-state index contributed by atoms with van der Waals surface area (Å²) in [5, 5.41) is 15.9. The summed E-state index contributed by atoms with van der Waals surface area (Å²) in [6, 6.07) is 7.55. The fraction of sp³-hybridized carbons (Fsp3) is 0.263. The minimum absolute atomic E-state index is 0.0174. The van der Waals surface area contributed by atoms with Gasteiger partial charge in [0.1, 0.15) is 5.56 Å². The third-order valence-corrected chi connectivity index (χ3v) is 5.99. The maximum Gasteiger partial charge on any atom is 0.421 e. The van der Waals surface area contributed by atoms with E-state index in [0.717, 1.165) is 4.68 Å². The molecule has 32 heavy (non-hydrogen) atoms. The van der Waals surface area contributed by atoms with Crippen LogP contribution in [-0.2, 0) is 21.6 Å². The van der Waals surface area contributed by atoms with Gasteiger partial charge in [-0.1, -0.05) is 0 Å². The molecule has 0 saturated heterocycles. The predicted molar refractivity (Wildman–Crippen MR) is 109 cm³/mol. The monoisotopic (exact) mass is 465 g/mol. The number of alkyl halides is 3. The number of benzene rings is 1. The van der Waals surface area contributed by atoms with Crippen molar-refractivity contribution in [3.8, 4) is 11.9 Å². The first kappa shape index (κ1) is 23.2. The van der Waals surface area contributed by atoms with E-state index in [4.69, 9.17) is 0 Å². The second-order valence-corrected chi connectivity index (χ2v) is 9.08. The molecule has 3 rings (SSSR count). The van der Waals surface area contributed by atoms with E-state index in [0.29, 0.717) is 17.4 Å². The molecule has 168 valence electrons. The standard InChI is InChI=1S/C19H18F3N7O2S/c1-18(2,11-23)12-8-26-29(10-12)16-15(19(20,21)22)9-25-17(28-16)27-13-4-6-14(7-5-13)32(30,31)24-3/h4-10,24H,1-3H3,(H,25,27,28). The number of rotatable bonds is 6. The van der Waals surface area contributed by atoms with Crippen LogP contribution in [0, 0.1) is 11.3 Å². The first-order chi connectivity index (χ1) is 14.9. The fourth-order valence-electron chi connectivity index (χ4n) is 2.60. The molecule has 1 aromatic carbocycles. The van der Waals surface area contributed by atoms with Crippen LogP contribution in [0.3, 0.4) is 0 Å². The molecule has 0 saturated carbocycles. The molecular weight excluding hydrogens is 447 g/mol. The van der Waals surface area contributed by atoms with Gasteiger partial charge in [0.25, 0.3) is 0 Å². The molecule has 0 spiro atoms. The average Bonchev–Trinajstić information content (AvgIpc) is 3.24. The van der Waals surface area contributed by atoms with Gasteiger partial charge in [-0.2, -0.15) is 28.5 Å². The van der Waals surface area contributed by atoms with Gasteiger partial charge in [-0.25, -0.2) is 22.8 Å². The van der Waals surface area contributed by atoms with Gasteiger partial charge in [0.05, 0.1) is 22.6 Å². The van der Waals surface area contributed by atoms with Crippen molar-refractivity contribution in [1.29, 1.82) is 5.26 Å². The molecule has 13 heteroatoms. The van der Waals surface area contributed by atoms with Crippen LogP contribution < -0.4 is 10.0 Å². The molecule has 9 nitrogen and oxygen atoms in total. The molecule has 2 heterocycles. The van der Waals surface area contributed by atoms with E-state index in [-0.39, 0.29) is 10.8 Å². The van der Waals surface area contributed by atoms with Crippen molar-refractivity contribution < 1.29 is 21.6 Å². The highest BCUT2D eigenvalue weighted by atomic mass is 32.2. The van der Waals surface area contributed by atoms with E-state index >= 15 is 0 Å². The minimum atomic E-state index is -4.74. The largest absolute Gasteiger partial charge is 0.421 e. The van der Waals surface area contributed by atoms with E-state index in [1.54, 1.807) is 13.8 Å². The molecule has 0 bridgehead atoms. The van der Waals surface area contributed by atoms with Crippen LogP contribution in [0.5, 0.6) is 0 Å². The van der Waals surface area contributed by atoms with Crippen LogP contribution in [-0.4, -0.2) is 35.2 Å². The zero-order valence-corrected chi connectivity index (χ0v) is 18.0. The Hall–Kier alpha value is -3.50. The SMILES string of the molecule is CNS(=O)(=O)c1ccc(Nc2ncc(C(F)(F)F)c(-n3cc(C(C)(C)C#N)cn3)n2)cc1. The topological polar surface area (TPSA) is 126 Å². The summed E-state index contributed by atoms with van der Waals surface area (Å²) in [4.78, 5) is 7.69. The maximum absolute atomic E-state index is 13.5. The van der Waals surface area contributed by atoms with Gasteiger partial charge >= 0.3 is 6.18 Å². The van der Waals surface area contributed by atoms with Crippen molar-refractivity contribution in [3.05, 3.63) is 54.0 Å². The Morgan fingerprint density at radius 3 is 2.34 bits per heavy atom. The highest BCUT2D eigenvalue weighted by molar-refractivity contribution is 7.89. The van der Waals surface area contributed by atoms with Gasteiger partial charge in [-0.05, 0) is 45.2 Å². The molecule has 0 radical (unpaired) electrons. The smallest absolute Gasteiger partial charge is 0.324 e. The van der Waals surface area contributed by atoms with Crippen LogP contribution in [0.4, 0.5) is 24.8 Å². The van der Waals surface area contributed by atoms with Crippen LogP contribution in [0.15, 0.2) is 47.8 Å². The summed E-state index contributed by atoms with van der Waals surface area (Å²) < 4.78 is 67.3. The van der Waals surface area contributed by atoms with E-state index in [1.165, 1.54) is 43.7 Å². The number of sulfonamides is 1. The van der Waals surface area contributed by atoms with Crippen LogP contribution in [0.1, 0.15) is 25.0 Å². The van der Waals surface area contributed by atoms with E-state index in [2.05, 4.69) is 31.2 Å². The van der Waals surface area contributed by atoms with Crippen molar-refractivity contribution in [2.45, 2.75) is 30.3 Å². The molecule has 0 aliphatic heterocycles. The summed E-state index contributed by atoms with van der Waals surface area (Å²) in [7, 11) is -2.36. The van der Waals surface area contributed by atoms with Crippen molar-refractivity contribution >= 4 is 21.7 Å². The van der Waals surface area contributed by atoms with Gasteiger partial charge in [0.15, 0.2) is 5.82 Å². The lowest BCUT2D eigenvalue weighted by Crippen LogP contribution is -2.18. The van der Waals surface area contributed by atoms with Gasteiger partial charge in [-0.3, -0.25) is 0 Å². The van der Waals surface area contributed by atoms with Crippen molar-refractivity contribution in [2.75, 3.05) is 12.4 Å². The first-order valence-electron chi connectivity index (χ1n) is 9.09. The van der Waals surface area contributed by atoms with Crippen molar-refractivity contribution in [1.82, 2.24) is 24.5 Å². The van der Waals surface area contributed by atoms with Gasteiger partial charge in [0, 0.05) is 23.6 Å². The Labute approximate surface area is 182 Å². The Kier molecular flexibility index (Phi) is 5.94. The zero-order valence-electron chi connectivity index (χ0n) is 17.1. The van der Waals surface area contributed by atoms with Crippen molar-refractivity contribution in [2.24, 2.45) is 0 Å². The average molecular weight is 465 g/mol. The summed E-state index contributed by atoms with van der Waals surface area (Å²) in [5.41, 5.74) is -1.29. The maximum atomic E-state index is 13.5. The second kappa shape index (κ2) is 8.21. The molecule has 2 N–H and O–H groups in total. The van der Waals surface area contributed by atoms with Gasteiger partial charge in [-0.15, -0.1) is 0 Å². The third-order valence-electron chi connectivity index (χ3n) is 4.56. The van der Waals surface area contributed by atoms with Gasteiger partial charge < -0.3 is 5.32 Å². The number of hydrogen-bond acceptors (Lipinski definition) is 7. The Balaban J connectivity index is 1.99. The highest BCUT2D eigenvalue weighted by Crippen LogP contribution is 2.34. The predicted octanol–water partition coefficient (Wildman–Crippen LogP) is 3.13. The molecule has 0 aliphatic rings. The Morgan fingerprint density at radius 1 is 1.12 bits per heavy atom. The lowest BCUT2D eigenvalue weighted by molar-refractivity contribution is -0.138. The fourth-order valence-corrected chi connectivity index (χ4v) is 3.33. The number of aromatic nitrogens is 4. The lowest BCUT2D eigenvalue weighted by atomic mass is 9.89. The summed E-state index contributed by atoms with van der Waals surface area (Å²) >= 11 is 0. The highest BCUT2D eigenvalue weighted by Gasteiger charge is 2.36. The second-order valence-electron chi connectivity index (χ2n) is 7.20. The number of anilines is 2. The van der Waals surface area contributed by atoms with E-state index < -0.39 is 33.0 Å². The molecular formula is C19H18F3N7O2S. The molecule has 3 aromatic rings. The van der Waals surface area contributed by atoms with E-state index in [1.807, 2.05) is 0 Å². The van der Waals surface area contributed by atoms with Crippen LogP contribution in [0.25, 0.3) is 5.82 Å². The molecule has 0 atom stereocenters. The van der Waals surface area contributed by atoms with Gasteiger partial charge in [0.2, 0.25) is 16.0 Å². The van der Waals surface area contributed by atoms with E-state index in [9.17, 15) is 26.9 Å². The zero-order chi connectivity index (χ0) is 23.7. The summed E-state index contributed by atoms with van der Waals surface area (Å²) in [6.07, 6.45) is -1.50. The van der Waals surface area contributed by atoms with Crippen molar-refractivity contribution in [3.63, 3.8) is 0 Å². The minimum Gasteiger partial charge on any atom is -0.324 e. The Morgan fingerprint density at radius 2 is 1.78 bits per heavy atom. The lowest BCUT2D eigenvalue weighted by Gasteiger charge is -2.14. The normalized spacial score (nSPS) is 12.4. The summed E-state index contributed by atoms with van der Waals surface area (Å²) in [5.74, 6) is -0.682. The van der Waals surface area contributed by atoms with Crippen LogP contribution in [0.2, 0.25) is 0 Å². The molecule has 0 unspecified atom stereocenters. The molecule has 2 aromatic heterocycles. The third kappa shape index (κ3) is 4.71. The Bertz CT molecular complexity index is 1280. The first-order valence-corrected chi connectivity index (χ1v) is 10.6. The number of nitrogens with zero attached hydrogens (tertiary/aromatic N) is 5. The number of hydrogen-bond donors (Lipinski definition) is 2. The molecule has 0 aliphatic carbocycles. The number of nitriles is 1. The van der Waals surface area contributed by atoms with Crippen LogP contribution >= 0.6 is 0 Å². The molecule has 0 fully saturated rings. The number of nitrogens with one attached hydrogen (secondary N) is 2. The quantitative estimate of drug-likeness (QED) is 0.573. The summed E-state index contributed by atoms with van der Waals surface area (Å²) in [6.45, 7) is 3.23. The molecule has 0 amide bonds. The number of halogens is 3.